The summed E-state index contributed by atoms with van der Waals surface area (Å²) < 4.78 is 1.22. The predicted octanol–water partition coefficient (Wildman–Crippen LogP) is 0.693. The predicted molar refractivity (Wildman–Crippen MR) is 72.0 cm³/mol. The highest BCUT2D eigenvalue weighted by Gasteiger charge is 2.16. The molecule has 2 amide bonds. The number of nitrogens with zero attached hydrogens (tertiary/aromatic N) is 4. The summed E-state index contributed by atoms with van der Waals surface area (Å²) in [6, 6.07) is 0.0316. The summed E-state index contributed by atoms with van der Waals surface area (Å²) in [6.45, 7) is 4.06. The normalized spacial score (nSPS) is 10.6. The van der Waals surface area contributed by atoms with Gasteiger partial charge in [-0.05, 0) is 12.8 Å². The van der Waals surface area contributed by atoms with E-state index in [1.54, 1.807) is 11.9 Å². The largest absolute Gasteiger partial charge is 0.480 e. The van der Waals surface area contributed by atoms with Crippen molar-refractivity contribution in [1.29, 1.82) is 0 Å². The third-order valence-electron chi connectivity index (χ3n) is 3.11. The number of carbonyl (C=O) groups is 2. The van der Waals surface area contributed by atoms with E-state index in [2.05, 4.69) is 15.6 Å². The van der Waals surface area contributed by atoms with Gasteiger partial charge in [0.25, 0.3) is 0 Å². The van der Waals surface area contributed by atoms with Crippen LogP contribution < -0.4 is 5.32 Å². The number of nitrogens with one attached hydrogen (secondary N) is 1. The molecular formula is C12H21N5O3. The molecule has 1 aromatic heterocycles. The first-order chi connectivity index (χ1) is 9.47. The van der Waals surface area contributed by atoms with Crippen LogP contribution in [0.25, 0.3) is 0 Å². The van der Waals surface area contributed by atoms with Gasteiger partial charge in [0.1, 0.15) is 12.2 Å². The Morgan fingerprint density at radius 1 is 1.45 bits per heavy atom. The number of carbonyl (C=O) groups excluding carboxylic acids is 1. The highest BCUT2D eigenvalue weighted by molar-refractivity contribution is 5.74. The van der Waals surface area contributed by atoms with Crippen LogP contribution in [0.3, 0.4) is 0 Å². The summed E-state index contributed by atoms with van der Waals surface area (Å²) in [5, 5.41) is 18.8. The smallest absolute Gasteiger partial charge is 0.325 e. The van der Waals surface area contributed by atoms with Crippen LogP contribution in [0, 0.1) is 0 Å². The van der Waals surface area contributed by atoms with Crippen molar-refractivity contribution in [2.45, 2.75) is 45.8 Å². The fourth-order valence-corrected chi connectivity index (χ4v) is 1.93. The number of hydrogen-bond acceptors (Lipinski definition) is 4. The molecule has 0 saturated carbocycles. The Balaban J connectivity index is 2.48. The number of carboxylic acid groups (broad SMARTS) is 1. The van der Waals surface area contributed by atoms with Gasteiger partial charge in [0.2, 0.25) is 0 Å². The first-order valence-electron chi connectivity index (χ1n) is 6.59. The van der Waals surface area contributed by atoms with E-state index in [4.69, 9.17) is 5.11 Å². The molecule has 8 heteroatoms. The van der Waals surface area contributed by atoms with Gasteiger partial charge in [-0.1, -0.05) is 19.1 Å². The number of rotatable bonds is 7. The van der Waals surface area contributed by atoms with Crippen molar-refractivity contribution in [1.82, 2.24) is 25.2 Å². The molecule has 0 saturated heterocycles. The number of amides is 2. The molecule has 0 radical (unpaired) electrons. The molecule has 8 nitrogen and oxygen atoms in total. The van der Waals surface area contributed by atoms with Crippen molar-refractivity contribution in [2.75, 3.05) is 7.05 Å². The van der Waals surface area contributed by atoms with Crippen molar-refractivity contribution < 1.29 is 14.7 Å². The standard InChI is InChI=1S/C12H21N5O3/c1-4-10(5-2)16(3)12(20)13-6-9-7-17(15-14-9)8-11(18)19/h7,10H,4-6,8H2,1-3H3,(H,13,20)(H,18,19). The Bertz CT molecular complexity index is 456. The van der Waals surface area contributed by atoms with Gasteiger partial charge in [0.15, 0.2) is 0 Å². The van der Waals surface area contributed by atoms with Gasteiger partial charge in [-0.15, -0.1) is 5.10 Å². The molecule has 0 bridgehead atoms. The maximum absolute atomic E-state index is 11.9. The number of hydrogen-bond donors (Lipinski definition) is 2. The fourth-order valence-electron chi connectivity index (χ4n) is 1.93. The number of aromatic nitrogens is 3. The lowest BCUT2D eigenvalue weighted by Crippen LogP contribution is -2.42. The van der Waals surface area contributed by atoms with Crippen molar-refractivity contribution >= 4 is 12.0 Å². The van der Waals surface area contributed by atoms with Gasteiger partial charge < -0.3 is 15.3 Å². The van der Waals surface area contributed by atoms with E-state index in [9.17, 15) is 9.59 Å². The molecule has 0 fully saturated rings. The SMILES string of the molecule is CCC(CC)N(C)C(=O)NCc1cn(CC(=O)O)nn1. The molecular weight excluding hydrogens is 262 g/mol. The van der Waals surface area contributed by atoms with E-state index in [0.29, 0.717) is 5.69 Å². The molecule has 1 rings (SSSR count). The summed E-state index contributed by atoms with van der Waals surface area (Å²) >= 11 is 0. The minimum Gasteiger partial charge on any atom is -0.480 e. The first-order valence-corrected chi connectivity index (χ1v) is 6.59. The molecule has 1 aromatic rings. The molecule has 0 spiro atoms. The zero-order chi connectivity index (χ0) is 15.1. The maximum Gasteiger partial charge on any atom is 0.325 e. The third kappa shape index (κ3) is 4.52. The molecule has 0 unspecified atom stereocenters. The Hall–Kier alpha value is -2.12. The topological polar surface area (TPSA) is 100 Å². The van der Waals surface area contributed by atoms with Crippen LogP contribution in [0.15, 0.2) is 6.20 Å². The van der Waals surface area contributed by atoms with Crippen LogP contribution in [-0.4, -0.2) is 50.1 Å². The quantitative estimate of drug-likeness (QED) is 0.767. The Kier molecular flexibility index (Phi) is 5.95. The van der Waals surface area contributed by atoms with E-state index >= 15 is 0 Å². The van der Waals surface area contributed by atoms with Gasteiger partial charge in [-0.3, -0.25) is 4.79 Å². The highest BCUT2D eigenvalue weighted by Crippen LogP contribution is 2.06. The molecule has 0 aliphatic carbocycles. The molecule has 2 N–H and O–H groups in total. The van der Waals surface area contributed by atoms with Crippen LogP contribution in [0.1, 0.15) is 32.4 Å². The van der Waals surface area contributed by atoms with Crippen LogP contribution >= 0.6 is 0 Å². The van der Waals surface area contributed by atoms with Gasteiger partial charge in [-0.25, -0.2) is 9.48 Å². The van der Waals surface area contributed by atoms with Gasteiger partial charge >= 0.3 is 12.0 Å². The average molecular weight is 283 g/mol. The number of carboxylic acids is 1. The third-order valence-corrected chi connectivity index (χ3v) is 3.11. The molecule has 0 atom stereocenters. The molecule has 112 valence electrons. The zero-order valence-electron chi connectivity index (χ0n) is 12.0. The first kappa shape index (κ1) is 15.9. The van der Waals surface area contributed by atoms with Crippen LogP contribution in [0.5, 0.6) is 0 Å². The zero-order valence-corrected chi connectivity index (χ0v) is 12.0. The second-order valence-corrected chi connectivity index (χ2v) is 4.54. The lowest BCUT2D eigenvalue weighted by atomic mass is 10.1. The maximum atomic E-state index is 11.9. The lowest BCUT2D eigenvalue weighted by Gasteiger charge is -2.26. The Labute approximate surface area is 117 Å². The summed E-state index contributed by atoms with van der Waals surface area (Å²) in [5.74, 6) is -0.987. The van der Waals surface area contributed by atoms with Crippen molar-refractivity contribution in [2.24, 2.45) is 0 Å². The Morgan fingerprint density at radius 3 is 2.65 bits per heavy atom. The summed E-state index contributed by atoms with van der Waals surface area (Å²) in [7, 11) is 1.76. The number of aliphatic carboxylic acids is 1. The second-order valence-electron chi connectivity index (χ2n) is 4.54. The molecule has 1 heterocycles. The molecule has 0 aromatic carbocycles. The van der Waals surface area contributed by atoms with E-state index in [-0.39, 0.29) is 25.2 Å². The molecule has 20 heavy (non-hydrogen) atoms. The van der Waals surface area contributed by atoms with Crippen LogP contribution in [0.2, 0.25) is 0 Å². The van der Waals surface area contributed by atoms with Crippen molar-refractivity contribution in [3.8, 4) is 0 Å². The van der Waals surface area contributed by atoms with Gasteiger partial charge in [-0.2, -0.15) is 0 Å². The lowest BCUT2D eigenvalue weighted by molar-refractivity contribution is -0.137. The Morgan fingerprint density at radius 2 is 2.10 bits per heavy atom. The van der Waals surface area contributed by atoms with Crippen LogP contribution in [-0.2, 0) is 17.9 Å². The summed E-state index contributed by atoms with van der Waals surface area (Å²) in [5.41, 5.74) is 0.526. The monoisotopic (exact) mass is 283 g/mol. The molecule has 0 aliphatic rings. The minimum absolute atomic E-state index is 0.175. The van der Waals surface area contributed by atoms with E-state index in [1.165, 1.54) is 10.9 Å². The average Bonchev–Trinajstić information content (AvgIpc) is 2.84. The molecule has 0 aliphatic heterocycles. The van der Waals surface area contributed by atoms with E-state index < -0.39 is 5.97 Å². The summed E-state index contributed by atoms with van der Waals surface area (Å²) in [6.07, 6.45) is 3.30. The fraction of sp³-hybridized carbons (Fsp3) is 0.667. The summed E-state index contributed by atoms with van der Waals surface area (Å²) in [4.78, 5) is 24.1. The van der Waals surface area contributed by atoms with Gasteiger partial charge in [0, 0.05) is 13.1 Å². The van der Waals surface area contributed by atoms with E-state index in [1.807, 2.05) is 13.8 Å². The van der Waals surface area contributed by atoms with E-state index in [0.717, 1.165) is 12.8 Å². The second kappa shape index (κ2) is 7.46. The highest BCUT2D eigenvalue weighted by atomic mass is 16.4. The van der Waals surface area contributed by atoms with Crippen molar-refractivity contribution in [3.63, 3.8) is 0 Å². The number of urea groups is 1. The van der Waals surface area contributed by atoms with Gasteiger partial charge in [0.05, 0.1) is 12.7 Å². The minimum atomic E-state index is -0.987. The van der Waals surface area contributed by atoms with Crippen LogP contribution in [0.4, 0.5) is 4.79 Å². The van der Waals surface area contributed by atoms with Crippen molar-refractivity contribution in [3.05, 3.63) is 11.9 Å².